The van der Waals surface area contributed by atoms with E-state index in [4.69, 9.17) is 14.3 Å². The van der Waals surface area contributed by atoms with Gasteiger partial charge in [0, 0.05) is 17.3 Å². The van der Waals surface area contributed by atoms with Crippen LogP contribution < -0.4 is 10.1 Å². The van der Waals surface area contributed by atoms with Gasteiger partial charge in [-0.3, -0.25) is 4.79 Å². The van der Waals surface area contributed by atoms with E-state index >= 15 is 0 Å². The van der Waals surface area contributed by atoms with Crippen molar-refractivity contribution in [1.82, 2.24) is 15.1 Å². The highest BCUT2D eigenvalue weighted by molar-refractivity contribution is 6.02. The fourth-order valence-corrected chi connectivity index (χ4v) is 3.34. The Morgan fingerprint density at radius 1 is 1.15 bits per heavy atom. The molecule has 0 bridgehead atoms. The van der Waals surface area contributed by atoms with Crippen LogP contribution in [-0.2, 0) is 11.3 Å². The lowest BCUT2D eigenvalue weighted by Gasteiger charge is -2.06. The molecule has 7 heteroatoms. The first-order valence-electron chi connectivity index (χ1n) is 11.0. The molecule has 0 radical (unpaired) electrons. The number of carbonyl (C=O) groups excluding carboxylic acids is 1. The Balaban J connectivity index is 1.67. The number of furan rings is 1. The third kappa shape index (κ3) is 5.43. The van der Waals surface area contributed by atoms with Gasteiger partial charge in [0.1, 0.15) is 23.2 Å². The van der Waals surface area contributed by atoms with Crippen molar-refractivity contribution in [2.75, 3.05) is 6.61 Å². The first kappa shape index (κ1) is 22.6. The summed E-state index contributed by atoms with van der Waals surface area (Å²) >= 11 is 0. The summed E-state index contributed by atoms with van der Waals surface area (Å²) in [4.78, 5) is 12.7. The van der Waals surface area contributed by atoms with Crippen LogP contribution in [0.1, 0.15) is 24.7 Å². The topological polar surface area (TPSA) is 93.1 Å². The highest BCUT2D eigenvalue weighted by Crippen LogP contribution is 2.27. The van der Waals surface area contributed by atoms with Crippen molar-refractivity contribution in [2.24, 2.45) is 0 Å². The van der Waals surface area contributed by atoms with Crippen molar-refractivity contribution in [3.05, 3.63) is 96.1 Å². The Hall–Kier alpha value is -4.57. The normalized spacial score (nSPS) is 11.1. The molecule has 2 heterocycles. The van der Waals surface area contributed by atoms with Crippen LogP contribution in [0.4, 0.5) is 0 Å². The molecule has 0 spiro atoms. The Kier molecular flexibility index (Phi) is 7.21. The Morgan fingerprint density at radius 3 is 2.62 bits per heavy atom. The number of ether oxygens (including phenoxy) is 1. The number of hydrogen-bond acceptors (Lipinski definition) is 5. The number of nitrogens with zero attached hydrogens (tertiary/aromatic N) is 3. The summed E-state index contributed by atoms with van der Waals surface area (Å²) < 4.78 is 12.7. The molecule has 1 N–H and O–H groups in total. The minimum absolute atomic E-state index is 0.0247. The lowest BCUT2D eigenvalue weighted by Crippen LogP contribution is -2.23. The Bertz CT molecular complexity index is 1300. The lowest BCUT2D eigenvalue weighted by molar-refractivity contribution is -0.117. The number of nitrogens with one attached hydrogen (secondary N) is 1. The average molecular weight is 453 g/mol. The third-order valence-electron chi connectivity index (χ3n) is 5.03. The molecule has 0 fully saturated rings. The van der Waals surface area contributed by atoms with Crippen molar-refractivity contribution < 1.29 is 13.9 Å². The van der Waals surface area contributed by atoms with E-state index in [1.54, 1.807) is 22.9 Å². The fourth-order valence-electron chi connectivity index (χ4n) is 3.34. The molecule has 4 aromatic rings. The van der Waals surface area contributed by atoms with Crippen LogP contribution in [-0.4, -0.2) is 22.3 Å². The third-order valence-corrected chi connectivity index (χ3v) is 5.03. The van der Waals surface area contributed by atoms with E-state index in [0.29, 0.717) is 23.6 Å². The zero-order valence-corrected chi connectivity index (χ0v) is 18.8. The van der Waals surface area contributed by atoms with Crippen molar-refractivity contribution in [3.63, 3.8) is 0 Å². The van der Waals surface area contributed by atoms with Crippen LogP contribution >= 0.6 is 0 Å². The van der Waals surface area contributed by atoms with Gasteiger partial charge in [0.2, 0.25) is 0 Å². The summed E-state index contributed by atoms with van der Waals surface area (Å²) in [5, 5.41) is 17.1. The molecule has 4 rings (SSSR count). The molecular formula is C27H24N4O3. The van der Waals surface area contributed by atoms with Gasteiger partial charge in [0.15, 0.2) is 0 Å². The molecule has 0 saturated heterocycles. The van der Waals surface area contributed by atoms with Crippen molar-refractivity contribution in [1.29, 1.82) is 5.26 Å². The first-order valence-corrected chi connectivity index (χ1v) is 11.0. The van der Waals surface area contributed by atoms with Gasteiger partial charge in [-0.1, -0.05) is 25.1 Å². The smallest absolute Gasteiger partial charge is 0.262 e. The highest BCUT2D eigenvalue weighted by Gasteiger charge is 2.15. The van der Waals surface area contributed by atoms with E-state index in [0.717, 1.165) is 23.4 Å². The summed E-state index contributed by atoms with van der Waals surface area (Å²) in [6.45, 7) is 2.90. The fraction of sp³-hybridized carbons (Fsp3) is 0.148. The summed E-state index contributed by atoms with van der Waals surface area (Å²) in [6, 6.07) is 22.8. The number of para-hydroxylation sites is 1. The standard InChI is InChI=1S/C27H24N4O3/c1-2-14-33-24-12-10-20(11-13-24)26-22(19-31(30-26)23-7-4-3-5-8-23)16-21(17-28)27(32)29-18-25-9-6-15-34-25/h3-13,15-16,19H,2,14,18H2,1H3,(H,29,32)/b21-16+. The number of aromatic nitrogens is 2. The molecule has 0 aliphatic rings. The van der Waals surface area contributed by atoms with E-state index in [9.17, 15) is 10.1 Å². The number of carbonyl (C=O) groups is 1. The molecule has 1 amide bonds. The lowest BCUT2D eigenvalue weighted by atomic mass is 10.1. The molecule has 2 aromatic carbocycles. The number of hydrogen-bond donors (Lipinski definition) is 1. The van der Waals surface area contributed by atoms with Crippen molar-refractivity contribution >= 4 is 12.0 Å². The van der Waals surface area contributed by atoms with Crippen LogP contribution in [0.25, 0.3) is 23.0 Å². The quantitative estimate of drug-likeness (QED) is 0.280. The summed E-state index contributed by atoms with van der Waals surface area (Å²) in [5.41, 5.74) is 2.99. The molecule has 2 aromatic heterocycles. The van der Waals surface area contributed by atoms with Gasteiger partial charge in [0.25, 0.3) is 5.91 Å². The molecule has 0 unspecified atom stereocenters. The van der Waals surface area contributed by atoms with Crippen LogP contribution in [0.3, 0.4) is 0 Å². The molecule has 34 heavy (non-hydrogen) atoms. The molecular weight excluding hydrogens is 428 g/mol. The van der Waals surface area contributed by atoms with E-state index < -0.39 is 5.91 Å². The first-order chi connectivity index (χ1) is 16.7. The molecule has 7 nitrogen and oxygen atoms in total. The zero-order valence-electron chi connectivity index (χ0n) is 18.8. The van der Waals surface area contributed by atoms with E-state index in [1.807, 2.05) is 66.9 Å². The van der Waals surface area contributed by atoms with E-state index in [-0.39, 0.29) is 12.1 Å². The summed E-state index contributed by atoms with van der Waals surface area (Å²) in [5.74, 6) is 0.898. The van der Waals surface area contributed by atoms with E-state index in [2.05, 4.69) is 12.2 Å². The minimum atomic E-state index is -0.486. The largest absolute Gasteiger partial charge is 0.494 e. The van der Waals surface area contributed by atoms with Gasteiger partial charge in [-0.25, -0.2) is 4.68 Å². The van der Waals surface area contributed by atoms with Crippen LogP contribution in [0, 0.1) is 11.3 Å². The second kappa shape index (κ2) is 10.8. The summed E-state index contributed by atoms with van der Waals surface area (Å²) in [7, 11) is 0. The SMILES string of the molecule is CCCOc1ccc(-c2nn(-c3ccccc3)cc2/C=C(\C#N)C(=O)NCc2ccco2)cc1. The maximum absolute atomic E-state index is 12.7. The predicted octanol–water partition coefficient (Wildman–Crippen LogP) is 5.14. The molecule has 0 aliphatic heterocycles. The zero-order chi connectivity index (χ0) is 23.8. The molecule has 0 atom stereocenters. The van der Waals surface area contributed by atoms with E-state index in [1.165, 1.54) is 6.26 Å². The van der Waals surface area contributed by atoms with Crippen LogP contribution in [0.2, 0.25) is 0 Å². The van der Waals surface area contributed by atoms with Crippen LogP contribution in [0.15, 0.2) is 89.2 Å². The predicted molar refractivity (Wildman–Crippen MR) is 129 cm³/mol. The molecule has 0 aliphatic carbocycles. The number of benzene rings is 2. The number of nitriles is 1. The molecule has 170 valence electrons. The Labute approximate surface area is 197 Å². The molecule has 0 saturated carbocycles. The van der Waals surface area contributed by atoms with Gasteiger partial charge in [-0.2, -0.15) is 10.4 Å². The maximum Gasteiger partial charge on any atom is 0.262 e. The van der Waals surface area contributed by atoms with Gasteiger partial charge in [-0.05, 0) is 61.0 Å². The highest BCUT2D eigenvalue weighted by atomic mass is 16.5. The van der Waals surface area contributed by atoms with Gasteiger partial charge >= 0.3 is 0 Å². The summed E-state index contributed by atoms with van der Waals surface area (Å²) in [6.07, 6.45) is 5.83. The second-order valence-corrected chi connectivity index (χ2v) is 7.52. The number of amides is 1. The average Bonchev–Trinajstić information content (AvgIpc) is 3.56. The van der Waals surface area contributed by atoms with Gasteiger partial charge in [0.05, 0.1) is 30.8 Å². The minimum Gasteiger partial charge on any atom is -0.494 e. The number of rotatable bonds is 9. The second-order valence-electron chi connectivity index (χ2n) is 7.52. The maximum atomic E-state index is 12.7. The van der Waals surface area contributed by atoms with Gasteiger partial charge in [-0.15, -0.1) is 0 Å². The monoisotopic (exact) mass is 452 g/mol. The van der Waals surface area contributed by atoms with Crippen molar-refractivity contribution in [3.8, 4) is 28.8 Å². The van der Waals surface area contributed by atoms with Crippen molar-refractivity contribution in [2.45, 2.75) is 19.9 Å². The Morgan fingerprint density at radius 2 is 1.94 bits per heavy atom. The van der Waals surface area contributed by atoms with Crippen LogP contribution in [0.5, 0.6) is 5.75 Å². The van der Waals surface area contributed by atoms with Gasteiger partial charge < -0.3 is 14.5 Å².